The van der Waals surface area contributed by atoms with E-state index < -0.39 is 0 Å². The first-order valence-electron chi connectivity index (χ1n) is 7.62. The molecule has 1 aromatic rings. The first-order valence-corrected chi connectivity index (χ1v) is 9.15. The van der Waals surface area contributed by atoms with Crippen molar-refractivity contribution in [2.45, 2.75) is 19.0 Å². The fourth-order valence-corrected chi connectivity index (χ4v) is 3.62. The van der Waals surface area contributed by atoms with E-state index in [1.165, 1.54) is 12.1 Å². The number of nitrogens with zero attached hydrogens (tertiary/aromatic N) is 1. The van der Waals surface area contributed by atoms with Crippen LogP contribution in [0.1, 0.15) is 12.0 Å². The maximum Gasteiger partial charge on any atom is 0.224 e. The summed E-state index contributed by atoms with van der Waals surface area (Å²) in [5, 5.41) is 3.71. The zero-order valence-electron chi connectivity index (χ0n) is 13.6. The number of thioether (sulfide) groups is 1. The lowest BCUT2D eigenvalue weighted by Gasteiger charge is -2.27. The van der Waals surface area contributed by atoms with Crippen LogP contribution in [-0.2, 0) is 16.1 Å². The molecule has 1 aliphatic heterocycles. The quantitative estimate of drug-likeness (QED) is 0.768. The number of nitrogens with one attached hydrogen (secondary N) is 1. The van der Waals surface area contributed by atoms with Gasteiger partial charge in [-0.3, -0.25) is 4.79 Å². The van der Waals surface area contributed by atoms with Crippen LogP contribution in [0.15, 0.2) is 18.2 Å². The molecule has 0 radical (unpaired) electrons. The fraction of sp³-hybridized carbons (Fsp3) is 0.562. The molecule has 136 valence electrons. The minimum absolute atomic E-state index is 0. The number of halogens is 3. The molecule has 0 spiro atoms. The molecule has 0 aromatic heterocycles. The van der Waals surface area contributed by atoms with Gasteiger partial charge in [0.05, 0.1) is 6.61 Å². The van der Waals surface area contributed by atoms with Gasteiger partial charge in [-0.05, 0) is 17.7 Å². The minimum atomic E-state index is -0.378. The number of rotatable bonds is 7. The monoisotopic (exact) mass is 396 g/mol. The summed E-state index contributed by atoms with van der Waals surface area (Å²) in [4.78, 5) is 14.3. The van der Waals surface area contributed by atoms with Crippen molar-refractivity contribution in [3.05, 3.63) is 34.6 Å². The molecule has 0 aliphatic carbocycles. The predicted octanol–water partition coefficient (Wildman–Crippen LogP) is 2.97. The Morgan fingerprint density at radius 1 is 1.54 bits per heavy atom. The van der Waals surface area contributed by atoms with Gasteiger partial charge in [-0.15, -0.1) is 12.4 Å². The molecule has 1 fully saturated rings. The van der Waals surface area contributed by atoms with Gasteiger partial charge in [0.2, 0.25) is 5.91 Å². The van der Waals surface area contributed by atoms with E-state index in [9.17, 15) is 9.18 Å². The maximum absolute atomic E-state index is 13.2. The number of methoxy groups -OCH3 is 1. The van der Waals surface area contributed by atoms with Gasteiger partial charge in [0, 0.05) is 55.7 Å². The van der Waals surface area contributed by atoms with Gasteiger partial charge in [0.15, 0.2) is 0 Å². The molecule has 2 rings (SSSR count). The van der Waals surface area contributed by atoms with Crippen LogP contribution in [0.5, 0.6) is 0 Å². The van der Waals surface area contributed by atoms with E-state index >= 15 is 0 Å². The Balaban J connectivity index is 0.00000288. The minimum Gasteiger partial charge on any atom is -0.383 e. The highest BCUT2D eigenvalue weighted by molar-refractivity contribution is 7.99. The number of carbonyl (C=O) groups excluding carboxylic acids is 1. The molecule has 4 nitrogen and oxygen atoms in total. The van der Waals surface area contributed by atoms with Crippen LogP contribution in [-0.4, -0.2) is 55.2 Å². The van der Waals surface area contributed by atoms with E-state index in [-0.39, 0.29) is 30.2 Å². The molecule has 24 heavy (non-hydrogen) atoms. The third-order valence-electron chi connectivity index (χ3n) is 3.71. The van der Waals surface area contributed by atoms with E-state index in [0.717, 1.165) is 23.6 Å². The van der Waals surface area contributed by atoms with Crippen molar-refractivity contribution in [2.24, 2.45) is 0 Å². The van der Waals surface area contributed by atoms with E-state index in [1.807, 2.05) is 11.8 Å². The van der Waals surface area contributed by atoms with Crippen molar-refractivity contribution in [3.8, 4) is 0 Å². The molecular weight excluding hydrogens is 374 g/mol. The van der Waals surface area contributed by atoms with Crippen molar-refractivity contribution < 1.29 is 13.9 Å². The molecule has 1 amide bonds. The third kappa shape index (κ3) is 6.76. The third-order valence-corrected chi connectivity index (χ3v) is 5.20. The largest absolute Gasteiger partial charge is 0.383 e. The molecule has 0 bridgehead atoms. The van der Waals surface area contributed by atoms with Crippen LogP contribution in [0, 0.1) is 5.82 Å². The number of benzene rings is 1. The van der Waals surface area contributed by atoms with Gasteiger partial charge in [-0.25, -0.2) is 4.39 Å². The van der Waals surface area contributed by atoms with E-state index in [0.29, 0.717) is 31.1 Å². The summed E-state index contributed by atoms with van der Waals surface area (Å²) in [5.74, 6) is 1.71. The average molecular weight is 397 g/mol. The summed E-state index contributed by atoms with van der Waals surface area (Å²) in [6.45, 7) is 2.24. The Labute approximate surface area is 157 Å². The number of hydrogen-bond acceptors (Lipinski definition) is 4. The Morgan fingerprint density at radius 2 is 2.33 bits per heavy atom. The smallest absolute Gasteiger partial charge is 0.224 e. The Kier molecular flexibility index (Phi) is 10.0. The van der Waals surface area contributed by atoms with Crippen molar-refractivity contribution in [3.63, 3.8) is 0 Å². The van der Waals surface area contributed by atoms with Crippen LogP contribution in [0.4, 0.5) is 4.39 Å². The second kappa shape index (κ2) is 11.2. The van der Waals surface area contributed by atoms with Gasteiger partial charge in [0.25, 0.3) is 0 Å². The van der Waals surface area contributed by atoms with E-state index in [4.69, 9.17) is 16.3 Å². The number of hydrogen-bond donors (Lipinski definition) is 1. The van der Waals surface area contributed by atoms with Crippen LogP contribution in [0.3, 0.4) is 0 Å². The van der Waals surface area contributed by atoms with Crippen LogP contribution in [0.25, 0.3) is 0 Å². The van der Waals surface area contributed by atoms with Crippen molar-refractivity contribution >= 4 is 41.7 Å². The lowest BCUT2D eigenvalue weighted by atomic mass is 10.1. The molecular formula is C16H23Cl2FN2O2S. The van der Waals surface area contributed by atoms with E-state index in [1.54, 1.807) is 18.1 Å². The molecule has 1 atom stereocenters. The Hall–Kier alpha value is -0.530. The topological polar surface area (TPSA) is 41.6 Å². The standard InChI is InChI=1S/C16H22ClFN2O2S.ClH/c1-22-6-5-20(10-12-2-3-13(18)8-15(12)17)16(21)9-14-11-23-7-4-19-14;/h2-3,8,14,19H,4-7,9-11H2,1H3;1H. The molecule has 1 unspecified atom stereocenters. The van der Waals surface area contributed by atoms with Gasteiger partial charge >= 0.3 is 0 Å². The highest BCUT2D eigenvalue weighted by Crippen LogP contribution is 2.20. The fourth-order valence-electron chi connectivity index (χ4n) is 2.44. The maximum atomic E-state index is 13.2. The first-order chi connectivity index (χ1) is 11.1. The summed E-state index contributed by atoms with van der Waals surface area (Å²) in [5.41, 5.74) is 0.739. The molecule has 8 heteroatoms. The van der Waals surface area contributed by atoms with Crippen LogP contribution in [0.2, 0.25) is 5.02 Å². The molecule has 1 N–H and O–H groups in total. The predicted molar refractivity (Wildman–Crippen MR) is 99.7 cm³/mol. The van der Waals surface area contributed by atoms with Crippen molar-refractivity contribution in [1.29, 1.82) is 0 Å². The summed E-state index contributed by atoms with van der Waals surface area (Å²) in [7, 11) is 1.60. The molecule has 1 aromatic carbocycles. The second-order valence-corrected chi connectivity index (χ2v) is 7.03. The summed E-state index contributed by atoms with van der Waals surface area (Å²) in [6.07, 6.45) is 0.454. The number of ether oxygens (including phenoxy) is 1. The SMILES string of the molecule is COCCN(Cc1ccc(F)cc1Cl)C(=O)CC1CSCCN1.Cl. The zero-order valence-corrected chi connectivity index (χ0v) is 16.0. The van der Waals surface area contributed by atoms with Crippen molar-refractivity contribution in [1.82, 2.24) is 10.2 Å². The van der Waals surface area contributed by atoms with Gasteiger partial charge in [-0.2, -0.15) is 11.8 Å². The average Bonchev–Trinajstić information content (AvgIpc) is 2.54. The van der Waals surface area contributed by atoms with Gasteiger partial charge < -0.3 is 15.0 Å². The summed E-state index contributed by atoms with van der Waals surface area (Å²) in [6, 6.07) is 4.46. The molecule has 1 saturated heterocycles. The van der Waals surface area contributed by atoms with Crippen LogP contribution >= 0.6 is 35.8 Å². The highest BCUT2D eigenvalue weighted by Gasteiger charge is 2.21. The molecule has 1 heterocycles. The lowest BCUT2D eigenvalue weighted by Crippen LogP contribution is -2.43. The lowest BCUT2D eigenvalue weighted by molar-refractivity contribution is -0.132. The zero-order chi connectivity index (χ0) is 16.7. The molecule has 1 aliphatic rings. The van der Waals surface area contributed by atoms with Crippen LogP contribution < -0.4 is 5.32 Å². The number of amides is 1. The Bertz CT molecular complexity index is 531. The Morgan fingerprint density at radius 3 is 2.96 bits per heavy atom. The first kappa shape index (κ1) is 21.5. The number of carbonyl (C=O) groups is 1. The van der Waals surface area contributed by atoms with Gasteiger partial charge in [-0.1, -0.05) is 17.7 Å². The normalized spacial score (nSPS) is 17.2. The second-order valence-electron chi connectivity index (χ2n) is 5.47. The molecule has 0 saturated carbocycles. The summed E-state index contributed by atoms with van der Waals surface area (Å²) < 4.78 is 18.3. The van der Waals surface area contributed by atoms with Crippen molar-refractivity contribution in [2.75, 3.05) is 38.3 Å². The highest BCUT2D eigenvalue weighted by atomic mass is 35.5. The van der Waals surface area contributed by atoms with E-state index in [2.05, 4.69) is 5.32 Å². The summed E-state index contributed by atoms with van der Waals surface area (Å²) >= 11 is 7.94. The van der Waals surface area contributed by atoms with Gasteiger partial charge in [0.1, 0.15) is 5.82 Å².